The summed E-state index contributed by atoms with van der Waals surface area (Å²) in [4.78, 5) is 0. The Labute approximate surface area is 136 Å². The molecule has 1 saturated carbocycles. The molecule has 4 nitrogen and oxygen atoms in total. The molecule has 5 aliphatic rings. The number of rotatable bonds is 0. The maximum Gasteiger partial charge on any atom is 0.206 e. The zero-order chi connectivity index (χ0) is 15.2. The summed E-state index contributed by atoms with van der Waals surface area (Å²) >= 11 is 0. The predicted octanol–water partition coefficient (Wildman–Crippen LogP) is 2.06. The lowest BCUT2D eigenvalue weighted by Gasteiger charge is -2.58. The molecule has 2 saturated heterocycles. The topological polar surface area (TPSA) is 39.7 Å². The highest BCUT2D eigenvalue weighted by molar-refractivity contribution is 5.58. The van der Waals surface area contributed by atoms with Gasteiger partial charge in [-0.15, -0.1) is 0 Å². The minimum Gasteiger partial charge on any atom is -0.483 e. The summed E-state index contributed by atoms with van der Waals surface area (Å²) in [5, 5.41) is 3.79. The number of nitrogens with one attached hydrogen (secondary N) is 1. The second kappa shape index (κ2) is 4.11. The van der Waals surface area contributed by atoms with Gasteiger partial charge in [0, 0.05) is 23.4 Å². The van der Waals surface area contributed by atoms with Crippen molar-refractivity contribution in [2.45, 2.75) is 56.0 Å². The van der Waals surface area contributed by atoms with Crippen LogP contribution in [0.3, 0.4) is 0 Å². The van der Waals surface area contributed by atoms with Gasteiger partial charge in [0.2, 0.25) is 5.79 Å². The number of fused-ring (bicyclic) bond motifs is 1. The lowest BCUT2D eigenvalue weighted by atomic mass is 9.51. The molecule has 3 aliphatic heterocycles. The van der Waals surface area contributed by atoms with E-state index in [2.05, 4.69) is 24.4 Å². The largest absolute Gasteiger partial charge is 0.483 e. The van der Waals surface area contributed by atoms with E-state index >= 15 is 0 Å². The molecule has 0 amide bonds. The molecule has 0 radical (unpaired) electrons. The highest BCUT2D eigenvalue weighted by atomic mass is 16.8. The number of hydrogen-bond donors (Lipinski definition) is 1. The Balaban J connectivity index is 1.64. The smallest absolute Gasteiger partial charge is 0.206 e. The van der Waals surface area contributed by atoms with E-state index in [1.165, 1.54) is 23.1 Å². The van der Waals surface area contributed by atoms with Crippen molar-refractivity contribution in [1.82, 2.24) is 5.32 Å². The van der Waals surface area contributed by atoms with Gasteiger partial charge in [0.25, 0.3) is 0 Å². The summed E-state index contributed by atoms with van der Waals surface area (Å²) in [5.41, 5.74) is 4.34. The van der Waals surface area contributed by atoms with Crippen LogP contribution in [0.2, 0.25) is 0 Å². The first-order valence-corrected chi connectivity index (χ1v) is 9.05. The van der Waals surface area contributed by atoms with Crippen molar-refractivity contribution < 1.29 is 14.2 Å². The Kier molecular flexibility index (Phi) is 2.36. The first-order valence-electron chi connectivity index (χ1n) is 9.05. The van der Waals surface area contributed by atoms with E-state index in [-0.39, 0.29) is 11.5 Å². The lowest BCUT2D eigenvalue weighted by molar-refractivity contribution is -0.256. The third kappa shape index (κ3) is 1.37. The molecule has 23 heavy (non-hydrogen) atoms. The molecule has 2 bridgehead atoms. The lowest BCUT2D eigenvalue weighted by Crippen LogP contribution is -2.69. The van der Waals surface area contributed by atoms with E-state index < -0.39 is 5.79 Å². The molecule has 1 unspecified atom stereocenters. The van der Waals surface area contributed by atoms with Gasteiger partial charge >= 0.3 is 0 Å². The summed E-state index contributed by atoms with van der Waals surface area (Å²) in [5.74, 6) is 1.27. The van der Waals surface area contributed by atoms with Crippen molar-refractivity contribution in [2.75, 3.05) is 19.8 Å². The minimum atomic E-state index is -0.515. The van der Waals surface area contributed by atoms with Crippen LogP contribution in [0.15, 0.2) is 12.1 Å². The van der Waals surface area contributed by atoms with Gasteiger partial charge in [0.05, 0.1) is 13.2 Å². The molecule has 4 atom stereocenters. The molecule has 3 heterocycles. The maximum atomic E-state index is 6.67. The monoisotopic (exact) mass is 313 g/mol. The number of ether oxygens (including phenoxy) is 3. The summed E-state index contributed by atoms with van der Waals surface area (Å²) in [6.07, 6.45) is 4.43. The van der Waals surface area contributed by atoms with E-state index in [1.54, 1.807) is 0 Å². The fourth-order valence-corrected chi connectivity index (χ4v) is 6.35. The molecular formula is C19H23NO3. The Morgan fingerprint density at radius 1 is 1.17 bits per heavy atom. The maximum absolute atomic E-state index is 6.67. The molecule has 2 spiro atoms. The van der Waals surface area contributed by atoms with Crippen molar-refractivity contribution in [3.05, 3.63) is 28.8 Å². The van der Waals surface area contributed by atoms with Crippen molar-refractivity contribution in [3.8, 4) is 5.75 Å². The van der Waals surface area contributed by atoms with Gasteiger partial charge in [-0.1, -0.05) is 12.1 Å². The predicted molar refractivity (Wildman–Crippen MR) is 84.7 cm³/mol. The van der Waals surface area contributed by atoms with Crippen LogP contribution in [0.1, 0.15) is 36.0 Å². The van der Waals surface area contributed by atoms with E-state index in [9.17, 15) is 0 Å². The summed E-state index contributed by atoms with van der Waals surface area (Å²) in [6.45, 7) is 4.65. The second-order valence-electron chi connectivity index (χ2n) is 7.95. The Hall–Kier alpha value is -1.10. The van der Waals surface area contributed by atoms with Crippen LogP contribution in [-0.4, -0.2) is 37.7 Å². The fraction of sp³-hybridized carbons (Fsp3) is 0.684. The van der Waals surface area contributed by atoms with Gasteiger partial charge in [0.1, 0.15) is 5.75 Å². The van der Waals surface area contributed by atoms with E-state index in [4.69, 9.17) is 14.2 Å². The molecule has 4 heteroatoms. The second-order valence-corrected chi connectivity index (χ2v) is 7.95. The normalized spacial score (nSPS) is 41.7. The summed E-state index contributed by atoms with van der Waals surface area (Å²) in [7, 11) is 0. The van der Waals surface area contributed by atoms with Gasteiger partial charge in [0.15, 0.2) is 6.10 Å². The fourth-order valence-electron chi connectivity index (χ4n) is 6.35. The molecule has 1 aromatic carbocycles. The molecule has 6 rings (SSSR count). The van der Waals surface area contributed by atoms with Crippen LogP contribution >= 0.6 is 0 Å². The molecule has 1 N–H and O–H groups in total. The van der Waals surface area contributed by atoms with Crippen LogP contribution in [-0.2, 0) is 21.3 Å². The van der Waals surface area contributed by atoms with Crippen molar-refractivity contribution >= 4 is 0 Å². The van der Waals surface area contributed by atoms with Crippen LogP contribution in [0, 0.1) is 12.8 Å². The van der Waals surface area contributed by atoms with E-state index in [0.717, 1.165) is 31.6 Å². The van der Waals surface area contributed by atoms with E-state index in [1.807, 2.05) is 0 Å². The summed E-state index contributed by atoms with van der Waals surface area (Å²) in [6, 6.07) is 5.13. The Morgan fingerprint density at radius 2 is 2.04 bits per heavy atom. The van der Waals surface area contributed by atoms with Gasteiger partial charge in [-0.2, -0.15) is 0 Å². The molecule has 0 aromatic heterocycles. The third-order valence-electron chi connectivity index (χ3n) is 7.12. The van der Waals surface area contributed by atoms with Gasteiger partial charge in [-0.05, 0) is 49.8 Å². The third-order valence-corrected chi connectivity index (χ3v) is 7.12. The molecule has 3 fully saturated rings. The van der Waals surface area contributed by atoms with Crippen LogP contribution < -0.4 is 10.1 Å². The van der Waals surface area contributed by atoms with Crippen LogP contribution in [0.5, 0.6) is 5.75 Å². The van der Waals surface area contributed by atoms with Gasteiger partial charge < -0.3 is 19.5 Å². The van der Waals surface area contributed by atoms with Crippen molar-refractivity contribution in [1.29, 1.82) is 0 Å². The van der Waals surface area contributed by atoms with Crippen LogP contribution in [0.25, 0.3) is 0 Å². The van der Waals surface area contributed by atoms with Crippen molar-refractivity contribution in [3.63, 3.8) is 0 Å². The highest BCUT2D eigenvalue weighted by Gasteiger charge is 2.70. The highest BCUT2D eigenvalue weighted by Crippen LogP contribution is 2.64. The standard InChI is InChI=1S/C19H23NO3/c1-11-2-3-12-10-14-13-4-5-19(21-8-9-22-19)17-18(13,6-7-20-14)15(12)16(11)23-17/h2-3,13-14,17,20H,4-10H2,1H3/t13-,14?,17+,18-/m1/s1. The first kappa shape index (κ1) is 13.2. The Morgan fingerprint density at radius 3 is 2.91 bits per heavy atom. The first-order chi connectivity index (χ1) is 11.2. The average molecular weight is 313 g/mol. The van der Waals surface area contributed by atoms with Gasteiger partial charge in [-0.3, -0.25) is 0 Å². The number of aryl methyl sites for hydroxylation is 1. The SMILES string of the molecule is Cc1ccc2c3c1O[C@@H]1C4(CC[C@@H]5C(C2)NCC[C@]351)OCCO4. The molecule has 2 aliphatic carbocycles. The molecular weight excluding hydrogens is 290 g/mol. The van der Waals surface area contributed by atoms with E-state index in [0.29, 0.717) is 25.2 Å². The van der Waals surface area contributed by atoms with Crippen molar-refractivity contribution in [2.24, 2.45) is 5.92 Å². The summed E-state index contributed by atoms with van der Waals surface area (Å²) < 4.78 is 19.1. The Bertz CT molecular complexity index is 696. The minimum absolute atomic E-state index is 0.0241. The zero-order valence-electron chi connectivity index (χ0n) is 13.6. The van der Waals surface area contributed by atoms with Crippen LogP contribution in [0.4, 0.5) is 0 Å². The van der Waals surface area contributed by atoms with Gasteiger partial charge in [-0.25, -0.2) is 0 Å². The molecule has 1 aromatic rings. The zero-order valence-corrected chi connectivity index (χ0v) is 13.6. The quantitative estimate of drug-likeness (QED) is 0.796. The number of piperidine rings is 1. The number of benzene rings is 1. The average Bonchev–Trinajstić information content (AvgIpc) is 3.14. The number of hydrogen-bond acceptors (Lipinski definition) is 4. The molecule has 122 valence electrons.